The topological polar surface area (TPSA) is 0 Å². The van der Waals surface area contributed by atoms with Gasteiger partial charge in [-0.05, 0) is 24.3 Å². The molecule has 14 heavy (non-hydrogen) atoms. The lowest BCUT2D eigenvalue weighted by Crippen LogP contribution is -1.96. The second-order valence-corrected chi connectivity index (χ2v) is 3.94. The molecule has 0 radical (unpaired) electrons. The summed E-state index contributed by atoms with van der Waals surface area (Å²) in [6.07, 6.45) is 5.35. The van der Waals surface area contributed by atoms with Crippen LogP contribution in [0, 0.1) is 5.92 Å². The normalized spacial score (nSPS) is 16.6. The third-order valence-electron chi connectivity index (χ3n) is 3.04. The van der Waals surface area contributed by atoms with Gasteiger partial charge in [-0.1, -0.05) is 49.8 Å². The molecule has 0 unspecified atom stereocenters. The molecule has 0 N–H and O–H groups in total. The quantitative estimate of drug-likeness (QED) is 0.608. The predicted octanol–water partition coefficient (Wildman–Crippen LogP) is 4.05. The van der Waals surface area contributed by atoms with Crippen LogP contribution in [0.3, 0.4) is 0 Å². The highest BCUT2D eigenvalue weighted by Gasteiger charge is 2.19. The van der Waals surface area contributed by atoms with E-state index in [1.54, 1.807) is 0 Å². The van der Waals surface area contributed by atoms with Gasteiger partial charge in [-0.2, -0.15) is 0 Å². The molecule has 1 fully saturated rings. The van der Waals surface area contributed by atoms with Crippen LogP contribution < -0.4 is 0 Å². The van der Waals surface area contributed by atoms with Gasteiger partial charge in [0, 0.05) is 5.57 Å². The van der Waals surface area contributed by atoms with E-state index in [2.05, 4.69) is 42.6 Å². The van der Waals surface area contributed by atoms with Gasteiger partial charge in [0.2, 0.25) is 0 Å². The van der Waals surface area contributed by atoms with E-state index in [0.717, 1.165) is 0 Å². The zero-order chi connectivity index (χ0) is 9.80. The van der Waals surface area contributed by atoms with Crippen molar-refractivity contribution in [3.8, 4) is 0 Å². The lowest BCUT2D eigenvalue weighted by Gasteiger charge is -2.11. The van der Waals surface area contributed by atoms with Crippen molar-refractivity contribution in [2.45, 2.75) is 25.7 Å². The molecule has 0 bridgehead atoms. The number of benzene rings is 1. The van der Waals surface area contributed by atoms with E-state index in [1.807, 2.05) is 0 Å². The molecular weight excluding hydrogens is 168 g/mol. The first-order valence-corrected chi connectivity index (χ1v) is 5.37. The van der Waals surface area contributed by atoms with Gasteiger partial charge in [-0.15, -0.1) is 5.73 Å². The molecule has 2 rings (SSSR count). The Kier molecular flexibility index (Phi) is 2.86. The highest BCUT2D eigenvalue weighted by Crippen LogP contribution is 2.35. The molecule has 0 aromatic heterocycles. The van der Waals surface area contributed by atoms with E-state index in [1.165, 1.54) is 36.8 Å². The number of rotatable bonds is 2. The molecule has 1 aromatic rings. The molecule has 1 aliphatic carbocycles. The van der Waals surface area contributed by atoms with Gasteiger partial charge in [-0.25, -0.2) is 0 Å². The Morgan fingerprint density at radius 2 is 1.79 bits per heavy atom. The van der Waals surface area contributed by atoms with Crippen LogP contribution in [0.4, 0.5) is 0 Å². The maximum absolute atomic E-state index is 3.82. The predicted molar refractivity (Wildman–Crippen MR) is 60.9 cm³/mol. The molecule has 0 heteroatoms. The first-order valence-electron chi connectivity index (χ1n) is 5.37. The van der Waals surface area contributed by atoms with Crippen molar-refractivity contribution in [3.63, 3.8) is 0 Å². The molecule has 1 aliphatic rings. The van der Waals surface area contributed by atoms with E-state index in [9.17, 15) is 0 Å². The van der Waals surface area contributed by atoms with Crippen LogP contribution in [0.2, 0.25) is 0 Å². The van der Waals surface area contributed by atoms with E-state index in [4.69, 9.17) is 0 Å². The summed E-state index contributed by atoms with van der Waals surface area (Å²) in [6, 6.07) is 10.5. The molecule has 0 saturated heterocycles. The van der Waals surface area contributed by atoms with Crippen molar-refractivity contribution in [2.24, 2.45) is 5.92 Å². The molecule has 0 heterocycles. The Morgan fingerprint density at radius 1 is 1.14 bits per heavy atom. The highest BCUT2D eigenvalue weighted by atomic mass is 14.2. The lowest BCUT2D eigenvalue weighted by atomic mass is 9.92. The maximum Gasteiger partial charge on any atom is 0.00368 e. The SMILES string of the molecule is C=C=C(c1ccccc1)C1CCCC1. The summed E-state index contributed by atoms with van der Waals surface area (Å²) >= 11 is 0. The van der Waals surface area contributed by atoms with E-state index < -0.39 is 0 Å². The molecule has 1 aromatic carbocycles. The van der Waals surface area contributed by atoms with Gasteiger partial charge >= 0.3 is 0 Å². The van der Waals surface area contributed by atoms with Crippen molar-refractivity contribution in [3.05, 3.63) is 48.2 Å². The van der Waals surface area contributed by atoms with Crippen LogP contribution in [-0.2, 0) is 0 Å². The summed E-state index contributed by atoms with van der Waals surface area (Å²) in [6.45, 7) is 3.82. The monoisotopic (exact) mass is 184 g/mol. The standard InChI is InChI=1S/C14H16/c1-2-14(13-10-6-7-11-13)12-8-4-3-5-9-12/h3-5,8-9,13H,1,6-7,10-11H2. The number of allylic oxidation sites excluding steroid dienone is 1. The van der Waals surface area contributed by atoms with E-state index >= 15 is 0 Å². The van der Waals surface area contributed by atoms with Gasteiger partial charge < -0.3 is 0 Å². The van der Waals surface area contributed by atoms with Crippen LogP contribution in [0.15, 0.2) is 42.6 Å². The molecule has 0 amide bonds. The first kappa shape index (κ1) is 9.30. The van der Waals surface area contributed by atoms with Crippen LogP contribution in [0.25, 0.3) is 5.57 Å². The minimum Gasteiger partial charge on any atom is -0.124 e. The van der Waals surface area contributed by atoms with Gasteiger partial charge in [0.1, 0.15) is 0 Å². The lowest BCUT2D eigenvalue weighted by molar-refractivity contribution is 0.707. The van der Waals surface area contributed by atoms with Crippen LogP contribution in [0.1, 0.15) is 31.2 Å². The van der Waals surface area contributed by atoms with Crippen LogP contribution >= 0.6 is 0 Å². The molecule has 0 atom stereocenters. The maximum atomic E-state index is 3.82. The zero-order valence-electron chi connectivity index (χ0n) is 8.50. The summed E-state index contributed by atoms with van der Waals surface area (Å²) in [7, 11) is 0. The average molecular weight is 184 g/mol. The summed E-state index contributed by atoms with van der Waals surface area (Å²) in [4.78, 5) is 0. The largest absolute Gasteiger partial charge is 0.124 e. The Labute approximate surface area is 86.0 Å². The Balaban J connectivity index is 2.27. The molecule has 0 aliphatic heterocycles. The number of hydrogen-bond donors (Lipinski definition) is 0. The van der Waals surface area contributed by atoms with Crippen molar-refractivity contribution < 1.29 is 0 Å². The van der Waals surface area contributed by atoms with Crippen molar-refractivity contribution in [2.75, 3.05) is 0 Å². The fourth-order valence-electron chi connectivity index (χ4n) is 2.31. The first-order chi connectivity index (χ1) is 6.92. The number of hydrogen-bond acceptors (Lipinski definition) is 0. The average Bonchev–Trinajstić information content (AvgIpc) is 2.74. The van der Waals surface area contributed by atoms with E-state index in [0.29, 0.717) is 5.92 Å². The second-order valence-electron chi connectivity index (χ2n) is 3.94. The molecule has 1 saturated carbocycles. The summed E-state index contributed by atoms with van der Waals surface area (Å²) in [5, 5.41) is 0. The molecule has 0 spiro atoms. The molecule has 0 nitrogen and oxygen atoms in total. The fourth-order valence-corrected chi connectivity index (χ4v) is 2.31. The van der Waals surface area contributed by atoms with Gasteiger partial charge in [-0.3, -0.25) is 0 Å². The van der Waals surface area contributed by atoms with E-state index in [-0.39, 0.29) is 0 Å². The van der Waals surface area contributed by atoms with Gasteiger partial charge in [0.15, 0.2) is 0 Å². The summed E-state index contributed by atoms with van der Waals surface area (Å²) in [5.74, 6) is 0.704. The third-order valence-corrected chi connectivity index (χ3v) is 3.04. The van der Waals surface area contributed by atoms with Crippen molar-refractivity contribution >= 4 is 5.57 Å². The Bertz CT molecular complexity index is 336. The smallest absolute Gasteiger partial charge is 0.00368 e. The minimum absolute atomic E-state index is 0.704. The molecule has 72 valence electrons. The Hall–Kier alpha value is -1.26. The summed E-state index contributed by atoms with van der Waals surface area (Å²) < 4.78 is 0. The fraction of sp³-hybridized carbons (Fsp3) is 0.357. The minimum atomic E-state index is 0.704. The van der Waals surface area contributed by atoms with Crippen LogP contribution in [0.5, 0.6) is 0 Å². The van der Waals surface area contributed by atoms with Gasteiger partial charge in [0.05, 0.1) is 0 Å². The Morgan fingerprint density at radius 3 is 2.36 bits per heavy atom. The van der Waals surface area contributed by atoms with Crippen LogP contribution in [-0.4, -0.2) is 0 Å². The zero-order valence-corrected chi connectivity index (χ0v) is 8.50. The highest BCUT2D eigenvalue weighted by molar-refractivity contribution is 5.66. The van der Waals surface area contributed by atoms with Gasteiger partial charge in [0.25, 0.3) is 0 Å². The molecular formula is C14H16. The van der Waals surface area contributed by atoms with Crippen molar-refractivity contribution in [1.82, 2.24) is 0 Å². The second kappa shape index (κ2) is 4.30. The third kappa shape index (κ3) is 1.81. The van der Waals surface area contributed by atoms with Crippen molar-refractivity contribution in [1.29, 1.82) is 0 Å². The summed E-state index contributed by atoms with van der Waals surface area (Å²) in [5.41, 5.74) is 5.75.